The summed E-state index contributed by atoms with van der Waals surface area (Å²) in [4.78, 5) is 9.78. The molecule has 5 heteroatoms. The minimum Gasteiger partial charge on any atom is -0.370 e. The van der Waals surface area contributed by atoms with Crippen molar-refractivity contribution in [1.29, 1.82) is 0 Å². The van der Waals surface area contributed by atoms with Crippen molar-refractivity contribution in [2.24, 2.45) is 5.92 Å². The van der Waals surface area contributed by atoms with Gasteiger partial charge in [0.25, 0.3) is 0 Å². The molecule has 0 spiro atoms. The summed E-state index contributed by atoms with van der Waals surface area (Å²) >= 11 is 1.92. The van der Waals surface area contributed by atoms with E-state index in [0.29, 0.717) is 5.92 Å². The van der Waals surface area contributed by atoms with Crippen molar-refractivity contribution >= 4 is 17.6 Å². The van der Waals surface area contributed by atoms with E-state index in [1.165, 1.54) is 24.1 Å². The van der Waals surface area contributed by atoms with Crippen LogP contribution in [0.15, 0.2) is 0 Å². The van der Waals surface area contributed by atoms with Crippen LogP contribution in [0.1, 0.15) is 56.6 Å². The van der Waals surface area contributed by atoms with Gasteiger partial charge in [-0.25, -0.2) is 9.97 Å². The molecule has 2 aliphatic rings. The zero-order valence-electron chi connectivity index (χ0n) is 13.2. The van der Waals surface area contributed by atoms with Gasteiger partial charge in [0.05, 0.1) is 5.69 Å². The van der Waals surface area contributed by atoms with Crippen LogP contribution >= 0.6 is 11.8 Å². The number of nitrogens with one attached hydrogen (secondary N) is 1. The predicted molar refractivity (Wildman–Crippen MR) is 87.5 cm³/mol. The highest BCUT2D eigenvalue weighted by atomic mass is 32.2. The molecule has 0 aromatic carbocycles. The average Bonchev–Trinajstić information content (AvgIpc) is 2.96. The Morgan fingerprint density at radius 3 is 2.95 bits per heavy atom. The number of aromatic nitrogens is 2. The van der Waals surface area contributed by atoms with Gasteiger partial charge >= 0.3 is 0 Å². The first-order valence-electron chi connectivity index (χ1n) is 7.95. The van der Waals surface area contributed by atoms with E-state index in [9.17, 15) is 0 Å². The lowest BCUT2D eigenvalue weighted by atomic mass is 9.78. The van der Waals surface area contributed by atoms with Crippen LogP contribution in [0.3, 0.4) is 0 Å². The second-order valence-corrected chi connectivity index (χ2v) is 7.23. The highest BCUT2D eigenvalue weighted by Crippen LogP contribution is 2.43. The molecule has 1 N–H and O–H groups in total. The fraction of sp³-hybridized carbons (Fsp3) is 0.750. The van der Waals surface area contributed by atoms with Crippen LogP contribution in [-0.4, -0.2) is 23.6 Å². The monoisotopic (exact) mass is 307 g/mol. The first kappa shape index (κ1) is 15.1. The van der Waals surface area contributed by atoms with E-state index in [1.54, 1.807) is 0 Å². The summed E-state index contributed by atoms with van der Waals surface area (Å²) in [6.45, 7) is 5.32. The minimum absolute atomic E-state index is 0.288. The Morgan fingerprint density at radius 1 is 1.38 bits per heavy atom. The van der Waals surface area contributed by atoms with Crippen LogP contribution in [0.4, 0.5) is 5.82 Å². The number of hydrogen-bond acceptors (Lipinski definition) is 5. The molecule has 0 saturated heterocycles. The normalized spacial score (nSPS) is 28.4. The molecule has 1 fully saturated rings. The Balaban J connectivity index is 2.02. The summed E-state index contributed by atoms with van der Waals surface area (Å²) in [6, 6.07) is 0. The minimum atomic E-state index is -0.288. The SMILES string of the molecule is CCNc1nc(C2(OC)CCCC(C)C2)nc2c1CSC2. The molecule has 1 aromatic heterocycles. The standard InChI is InChI=1S/C16H25N3OS/c1-4-17-14-12-9-21-10-13(12)18-15(19-14)16(20-3)7-5-6-11(2)8-16/h11H,4-10H2,1-3H3,(H,17,18,19). The molecule has 0 amide bonds. The first-order chi connectivity index (χ1) is 10.2. The lowest BCUT2D eigenvalue weighted by molar-refractivity contribution is -0.0646. The predicted octanol–water partition coefficient (Wildman–Crippen LogP) is 3.71. The van der Waals surface area contributed by atoms with Crippen molar-refractivity contribution in [3.05, 3.63) is 17.1 Å². The topological polar surface area (TPSA) is 47.0 Å². The third-order valence-electron chi connectivity index (χ3n) is 4.68. The third kappa shape index (κ3) is 2.78. The Bertz CT molecular complexity index is 522. The Morgan fingerprint density at radius 2 is 2.24 bits per heavy atom. The van der Waals surface area contributed by atoms with Crippen LogP contribution in [0.2, 0.25) is 0 Å². The average molecular weight is 307 g/mol. The molecule has 1 aliphatic carbocycles. The molecule has 0 bridgehead atoms. The summed E-state index contributed by atoms with van der Waals surface area (Å²) in [6.07, 6.45) is 4.54. The number of nitrogens with zero attached hydrogens (tertiary/aromatic N) is 2. The number of anilines is 1. The quantitative estimate of drug-likeness (QED) is 0.919. The van der Waals surface area contributed by atoms with Crippen LogP contribution < -0.4 is 5.32 Å². The Kier molecular flexibility index (Phi) is 4.41. The second kappa shape index (κ2) is 6.13. The maximum Gasteiger partial charge on any atom is 0.162 e. The lowest BCUT2D eigenvalue weighted by Crippen LogP contribution is -2.36. The van der Waals surface area contributed by atoms with Crippen molar-refractivity contribution in [1.82, 2.24) is 9.97 Å². The lowest BCUT2D eigenvalue weighted by Gasteiger charge is -2.37. The summed E-state index contributed by atoms with van der Waals surface area (Å²) in [5.41, 5.74) is 2.21. The molecule has 3 rings (SSSR count). The number of rotatable bonds is 4. The number of fused-ring (bicyclic) bond motifs is 1. The van der Waals surface area contributed by atoms with Gasteiger partial charge in [-0.05, 0) is 32.1 Å². The number of hydrogen-bond donors (Lipinski definition) is 1. The van der Waals surface area contributed by atoms with Gasteiger partial charge in [-0.15, -0.1) is 0 Å². The fourth-order valence-electron chi connectivity index (χ4n) is 3.55. The summed E-state index contributed by atoms with van der Waals surface area (Å²) < 4.78 is 5.97. The van der Waals surface area contributed by atoms with Gasteiger partial charge in [0.1, 0.15) is 11.4 Å². The van der Waals surface area contributed by atoms with Gasteiger partial charge in [0.15, 0.2) is 5.82 Å². The molecular weight excluding hydrogens is 282 g/mol. The van der Waals surface area contributed by atoms with Crippen molar-refractivity contribution in [3.8, 4) is 0 Å². The third-order valence-corrected chi connectivity index (χ3v) is 5.65. The van der Waals surface area contributed by atoms with Gasteiger partial charge in [0, 0.05) is 30.7 Å². The molecule has 4 nitrogen and oxygen atoms in total. The van der Waals surface area contributed by atoms with Crippen LogP contribution in [0.25, 0.3) is 0 Å². The Hall–Kier alpha value is -0.810. The van der Waals surface area contributed by atoms with Crippen molar-refractivity contribution in [2.45, 2.75) is 56.6 Å². The summed E-state index contributed by atoms with van der Waals surface area (Å²) in [5, 5.41) is 3.42. The fourth-order valence-corrected chi connectivity index (χ4v) is 4.59. The first-order valence-corrected chi connectivity index (χ1v) is 9.11. The van der Waals surface area contributed by atoms with E-state index in [1.807, 2.05) is 18.9 Å². The van der Waals surface area contributed by atoms with Gasteiger partial charge < -0.3 is 10.1 Å². The van der Waals surface area contributed by atoms with E-state index < -0.39 is 0 Å². The maximum absolute atomic E-state index is 5.97. The molecule has 116 valence electrons. The molecular formula is C16H25N3OS. The van der Waals surface area contributed by atoms with Crippen LogP contribution in [0.5, 0.6) is 0 Å². The van der Waals surface area contributed by atoms with Gasteiger partial charge in [-0.3, -0.25) is 0 Å². The van der Waals surface area contributed by atoms with E-state index >= 15 is 0 Å². The molecule has 0 radical (unpaired) electrons. The van der Waals surface area contributed by atoms with E-state index in [2.05, 4.69) is 19.2 Å². The molecule has 1 aliphatic heterocycles. The maximum atomic E-state index is 5.97. The van der Waals surface area contributed by atoms with Crippen molar-refractivity contribution < 1.29 is 4.74 Å². The number of methoxy groups -OCH3 is 1. The van der Waals surface area contributed by atoms with E-state index in [0.717, 1.165) is 42.5 Å². The molecule has 1 saturated carbocycles. The number of thioether (sulfide) groups is 1. The Labute approximate surface area is 131 Å². The van der Waals surface area contributed by atoms with Crippen molar-refractivity contribution in [2.75, 3.05) is 19.0 Å². The van der Waals surface area contributed by atoms with Crippen LogP contribution in [0, 0.1) is 5.92 Å². The largest absolute Gasteiger partial charge is 0.370 e. The smallest absolute Gasteiger partial charge is 0.162 e. The molecule has 2 atom stereocenters. The number of ether oxygens (including phenoxy) is 1. The summed E-state index contributed by atoms with van der Waals surface area (Å²) in [5.74, 6) is 4.62. The molecule has 1 aromatic rings. The molecule has 2 heterocycles. The van der Waals surface area contributed by atoms with Crippen LogP contribution in [-0.2, 0) is 21.8 Å². The van der Waals surface area contributed by atoms with E-state index in [-0.39, 0.29) is 5.60 Å². The zero-order valence-corrected chi connectivity index (χ0v) is 14.1. The van der Waals surface area contributed by atoms with Gasteiger partial charge in [0.2, 0.25) is 0 Å². The second-order valence-electron chi connectivity index (χ2n) is 6.24. The summed E-state index contributed by atoms with van der Waals surface area (Å²) in [7, 11) is 1.82. The highest BCUT2D eigenvalue weighted by molar-refractivity contribution is 7.98. The van der Waals surface area contributed by atoms with Gasteiger partial charge in [-0.2, -0.15) is 11.8 Å². The molecule has 21 heavy (non-hydrogen) atoms. The zero-order chi connectivity index (χ0) is 14.9. The van der Waals surface area contributed by atoms with Gasteiger partial charge in [-0.1, -0.05) is 13.3 Å². The van der Waals surface area contributed by atoms with E-state index in [4.69, 9.17) is 14.7 Å². The molecule has 2 unspecified atom stereocenters. The van der Waals surface area contributed by atoms with Crippen molar-refractivity contribution in [3.63, 3.8) is 0 Å². The highest BCUT2D eigenvalue weighted by Gasteiger charge is 2.40.